The Balaban J connectivity index is 1.75. The number of aryl methyl sites for hydroxylation is 1. The molecule has 17 heavy (non-hydrogen) atoms. The van der Waals surface area contributed by atoms with E-state index in [4.69, 9.17) is 0 Å². The lowest BCUT2D eigenvalue weighted by molar-refractivity contribution is 0.198. The molecule has 2 heterocycles. The number of aromatic nitrogens is 2. The van der Waals surface area contributed by atoms with Gasteiger partial charge in [-0.1, -0.05) is 25.2 Å². The zero-order chi connectivity index (χ0) is 12.3. The first kappa shape index (κ1) is 12.8. The van der Waals surface area contributed by atoms with Crippen LogP contribution in [0.15, 0.2) is 0 Å². The summed E-state index contributed by atoms with van der Waals surface area (Å²) in [5.41, 5.74) is 0. The van der Waals surface area contributed by atoms with Crippen LogP contribution in [0.25, 0.3) is 0 Å². The number of nitrogens with one attached hydrogen (secondary N) is 1. The first-order valence-corrected chi connectivity index (χ1v) is 7.24. The van der Waals surface area contributed by atoms with Crippen molar-refractivity contribution in [2.24, 2.45) is 5.92 Å². The Morgan fingerprint density at radius 2 is 2.06 bits per heavy atom. The molecule has 1 aromatic rings. The van der Waals surface area contributed by atoms with Crippen molar-refractivity contribution in [2.45, 2.75) is 39.7 Å². The molecule has 96 valence electrons. The third-order valence-corrected chi connectivity index (χ3v) is 3.83. The Labute approximate surface area is 107 Å². The maximum absolute atomic E-state index is 4.12. The van der Waals surface area contributed by atoms with Gasteiger partial charge in [-0.05, 0) is 25.7 Å². The largest absolute Gasteiger partial charge is 0.357 e. The van der Waals surface area contributed by atoms with Gasteiger partial charge in [0.15, 0.2) is 0 Å². The van der Waals surface area contributed by atoms with E-state index in [9.17, 15) is 0 Å². The standard InChI is InChI=1S/C12H22N4S/c1-9(2)8-16-6-4-11(5-7-16)13-12-15-14-10(3)17-12/h9,11H,4-8H2,1-3H3,(H,13,15). The van der Waals surface area contributed by atoms with Crippen LogP contribution in [0.4, 0.5) is 5.13 Å². The van der Waals surface area contributed by atoms with Gasteiger partial charge in [0.25, 0.3) is 0 Å². The predicted molar refractivity (Wildman–Crippen MR) is 72.6 cm³/mol. The molecule has 0 unspecified atom stereocenters. The summed E-state index contributed by atoms with van der Waals surface area (Å²) in [6.07, 6.45) is 2.43. The molecule has 0 bridgehead atoms. The number of likely N-dealkylation sites (tertiary alicyclic amines) is 1. The smallest absolute Gasteiger partial charge is 0.205 e. The molecule has 1 fully saturated rings. The molecule has 0 radical (unpaired) electrons. The van der Waals surface area contributed by atoms with E-state index in [1.807, 2.05) is 6.92 Å². The van der Waals surface area contributed by atoms with E-state index < -0.39 is 0 Å². The first-order valence-electron chi connectivity index (χ1n) is 6.42. The van der Waals surface area contributed by atoms with Crippen LogP contribution in [0.5, 0.6) is 0 Å². The first-order chi connectivity index (χ1) is 8.13. The van der Waals surface area contributed by atoms with Gasteiger partial charge < -0.3 is 10.2 Å². The third-order valence-electron chi connectivity index (χ3n) is 3.06. The molecule has 0 spiro atoms. The molecule has 1 aliphatic rings. The maximum atomic E-state index is 4.12. The summed E-state index contributed by atoms with van der Waals surface area (Å²) in [5.74, 6) is 0.769. The Hall–Kier alpha value is -0.680. The Morgan fingerprint density at radius 1 is 1.35 bits per heavy atom. The normalized spacial score (nSPS) is 18.8. The lowest BCUT2D eigenvalue weighted by Gasteiger charge is -2.33. The molecular weight excluding hydrogens is 232 g/mol. The topological polar surface area (TPSA) is 41.1 Å². The summed E-state index contributed by atoms with van der Waals surface area (Å²) in [6.45, 7) is 10.2. The number of rotatable bonds is 4. The molecule has 0 amide bonds. The summed E-state index contributed by atoms with van der Waals surface area (Å²) in [7, 11) is 0. The van der Waals surface area contributed by atoms with E-state index in [0.717, 1.165) is 16.1 Å². The van der Waals surface area contributed by atoms with Crippen molar-refractivity contribution < 1.29 is 0 Å². The quantitative estimate of drug-likeness (QED) is 0.895. The van der Waals surface area contributed by atoms with E-state index in [-0.39, 0.29) is 0 Å². The highest BCUT2D eigenvalue weighted by atomic mass is 32.1. The van der Waals surface area contributed by atoms with E-state index in [1.165, 1.54) is 32.5 Å². The average Bonchev–Trinajstić information content (AvgIpc) is 2.66. The summed E-state index contributed by atoms with van der Waals surface area (Å²) >= 11 is 1.65. The van der Waals surface area contributed by atoms with Gasteiger partial charge in [0.2, 0.25) is 5.13 Å². The minimum Gasteiger partial charge on any atom is -0.357 e. The highest BCUT2D eigenvalue weighted by molar-refractivity contribution is 7.15. The van der Waals surface area contributed by atoms with Gasteiger partial charge in [-0.25, -0.2) is 0 Å². The van der Waals surface area contributed by atoms with E-state index in [0.29, 0.717) is 6.04 Å². The second-order valence-electron chi connectivity index (χ2n) is 5.24. The zero-order valence-corrected chi connectivity index (χ0v) is 11.8. The third kappa shape index (κ3) is 3.92. The predicted octanol–water partition coefficient (Wildman–Crippen LogP) is 2.38. The summed E-state index contributed by atoms with van der Waals surface area (Å²) in [4.78, 5) is 2.56. The highest BCUT2D eigenvalue weighted by Gasteiger charge is 2.20. The molecule has 1 saturated heterocycles. The van der Waals surface area contributed by atoms with Crippen molar-refractivity contribution in [1.82, 2.24) is 15.1 Å². The van der Waals surface area contributed by atoms with Crippen molar-refractivity contribution in [2.75, 3.05) is 25.0 Å². The number of anilines is 1. The van der Waals surface area contributed by atoms with Gasteiger partial charge in [-0.3, -0.25) is 0 Å². The van der Waals surface area contributed by atoms with Crippen LogP contribution in [0, 0.1) is 12.8 Å². The van der Waals surface area contributed by atoms with Crippen LogP contribution >= 0.6 is 11.3 Å². The Kier molecular flexibility index (Phi) is 4.34. The Morgan fingerprint density at radius 3 is 2.59 bits per heavy atom. The fourth-order valence-corrected chi connectivity index (χ4v) is 2.97. The van der Waals surface area contributed by atoms with E-state index in [2.05, 4.69) is 34.3 Å². The van der Waals surface area contributed by atoms with Crippen LogP contribution < -0.4 is 5.32 Å². The van der Waals surface area contributed by atoms with Crippen molar-refractivity contribution >= 4 is 16.5 Å². The summed E-state index contributed by atoms with van der Waals surface area (Å²) in [6, 6.07) is 0.575. The molecule has 0 aromatic carbocycles. The second kappa shape index (κ2) is 5.78. The van der Waals surface area contributed by atoms with Crippen LogP contribution in [0.1, 0.15) is 31.7 Å². The minimum atomic E-state index is 0.575. The summed E-state index contributed by atoms with van der Waals surface area (Å²) < 4.78 is 0. The van der Waals surface area contributed by atoms with Crippen molar-refractivity contribution in [3.8, 4) is 0 Å². The van der Waals surface area contributed by atoms with Gasteiger partial charge in [0.1, 0.15) is 5.01 Å². The van der Waals surface area contributed by atoms with E-state index in [1.54, 1.807) is 11.3 Å². The van der Waals surface area contributed by atoms with Crippen molar-refractivity contribution in [3.05, 3.63) is 5.01 Å². The fourth-order valence-electron chi connectivity index (χ4n) is 2.31. The molecule has 1 aliphatic heterocycles. The van der Waals surface area contributed by atoms with Gasteiger partial charge in [0, 0.05) is 25.7 Å². The minimum absolute atomic E-state index is 0.575. The molecule has 1 N–H and O–H groups in total. The zero-order valence-electron chi connectivity index (χ0n) is 10.9. The molecular formula is C12H22N4S. The summed E-state index contributed by atoms with van der Waals surface area (Å²) in [5, 5.41) is 13.7. The number of hydrogen-bond donors (Lipinski definition) is 1. The monoisotopic (exact) mass is 254 g/mol. The molecule has 5 heteroatoms. The maximum Gasteiger partial charge on any atom is 0.205 e. The number of piperidine rings is 1. The average molecular weight is 254 g/mol. The van der Waals surface area contributed by atoms with Crippen LogP contribution in [0.2, 0.25) is 0 Å². The second-order valence-corrected chi connectivity index (χ2v) is 6.42. The lowest BCUT2D eigenvalue weighted by atomic mass is 10.0. The van der Waals surface area contributed by atoms with Crippen molar-refractivity contribution in [1.29, 1.82) is 0 Å². The molecule has 0 aliphatic carbocycles. The van der Waals surface area contributed by atoms with Gasteiger partial charge in [-0.2, -0.15) is 0 Å². The molecule has 2 rings (SSSR count). The molecule has 1 aromatic heterocycles. The fraction of sp³-hybridized carbons (Fsp3) is 0.833. The Bertz CT molecular complexity index is 342. The van der Waals surface area contributed by atoms with Crippen LogP contribution in [-0.2, 0) is 0 Å². The SMILES string of the molecule is Cc1nnc(NC2CCN(CC(C)C)CC2)s1. The van der Waals surface area contributed by atoms with Gasteiger partial charge in [0.05, 0.1) is 0 Å². The van der Waals surface area contributed by atoms with Crippen LogP contribution in [0.3, 0.4) is 0 Å². The molecule has 0 atom stereocenters. The lowest BCUT2D eigenvalue weighted by Crippen LogP contribution is -2.40. The number of nitrogens with zero attached hydrogens (tertiary/aromatic N) is 3. The molecule has 0 saturated carbocycles. The van der Waals surface area contributed by atoms with Crippen molar-refractivity contribution in [3.63, 3.8) is 0 Å². The molecule has 4 nitrogen and oxygen atoms in total. The van der Waals surface area contributed by atoms with Crippen LogP contribution in [-0.4, -0.2) is 40.8 Å². The van der Waals surface area contributed by atoms with Gasteiger partial charge >= 0.3 is 0 Å². The van der Waals surface area contributed by atoms with E-state index >= 15 is 0 Å². The number of hydrogen-bond acceptors (Lipinski definition) is 5. The highest BCUT2D eigenvalue weighted by Crippen LogP contribution is 2.19. The van der Waals surface area contributed by atoms with Gasteiger partial charge in [-0.15, -0.1) is 10.2 Å².